The van der Waals surface area contributed by atoms with Crippen molar-refractivity contribution < 1.29 is 19.1 Å². The summed E-state index contributed by atoms with van der Waals surface area (Å²) in [6.07, 6.45) is 0.848. The number of ether oxygens (including phenoxy) is 2. The fourth-order valence-electron chi connectivity index (χ4n) is 3.40. The van der Waals surface area contributed by atoms with Crippen LogP contribution in [-0.4, -0.2) is 61.9 Å². The van der Waals surface area contributed by atoms with Gasteiger partial charge in [0.1, 0.15) is 18.0 Å². The second-order valence-corrected chi connectivity index (χ2v) is 9.16. The number of carbonyl (C=O) groups excluding carboxylic acids is 2. The van der Waals surface area contributed by atoms with E-state index in [1.54, 1.807) is 40.0 Å². The topological polar surface area (TPSA) is 136 Å². The molecule has 0 saturated carbocycles. The van der Waals surface area contributed by atoms with E-state index in [0.717, 1.165) is 5.69 Å². The quantitative estimate of drug-likeness (QED) is 0.552. The van der Waals surface area contributed by atoms with Crippen molar-refractivity contribution in [2.45, 2.75) is 52.9 Å². The Morgan fingerprint density at radius 2 is 2.03 bits per heavy atom. The van der Waals surface area contributed by atoms with Gasteiger partial charge in [0.15, 0.2) is 23.0 Å². The molecular formula is C22H28N8O4. The highest BCUT2D eigenvalue weighted by atomic mass is 16.6. The Hall–Kier alpha value is -3.80. The van der Waals surface area contributed by atoms with Crippen molar-refractivity contribution >= 4 is 35.0 Å². The molecule has 12 nitrogen and oxygen atoms in total. The molecule has 0 spiro atoms. The minimum atomic E-state index is -0.683. The fraction of sp³-hybridized carbons (Fsp3) is 0.455. The minimum absolute atomic E-state index is 0.188. The average Bonchev–Trinajstić information content (AvgIpc) is 3.14. The van der Waals surface area contributed by atoms with Gasteiger partial charge in [-0.25, -0.2) is 24.3 Å². The first-order valence-electron chi connectivity index (χ1n) is 10.9. The van der Waals surface area contributed by atoms with Crippen molar-refractivity contribution in [1.82, 2.24) is 29.9 Å². The third-order valence-electron chi connectivity index (χ3n) is 4.84. The number of anilines is 3. The Kier molecular flexibility index (Phi) is 6.09. The van der Waals surface area contributed by atoms with E-state index in [1.165, 1.54) is 15.6 Å². The number of nitrogens with zero attached hydrogens (tertiary/aromatic N) is 6. The summed E-state index contributed by atoms with van der Waals surface area (Å²) >= 11 is 0. The molecule has 4 rings (SSSR count). The Balaban J connectivity index is 1.85. The number of hydrogen-bond acceptors (Lipinski definition) is 9. The SMILES string of the molecule is Cc1cc2nc(n1)COC[C@@H](C)NC(=O)c1cnc3c(N(C)C(=O)OC(C)(C)C)cc(nn13)N2. The van der Waals surface area contributed by atoms with Crippen molar-refractivity contribution in [2.24, 2.45) is 0 Å². The minimum Gasteiger partial charge on any atom is -0.443 e. The molecule has 0 aromatic carbocycles. The van der Waals surface area contributed by atoms with E-state index in [-0.39, 0.29) is 30.9 Å². The number of nitrogens with one attached hydrogen (secondary N) is 2. The highest BCUT2D eigenvalue weighted by Crippen LogP contribution is 2.27. The van der Waals surface area contributed by atoms with Crippen molar-refractivity contribution in [2.75, 3.05) is 23.9 Å². The molecule has 1 aliphatic heterocycles. The summed E-state index contributed by atoms with van der Waals surface area (Å²) in [7, 11) is 1.58. The highest BCUT2D eigenvalue weighted by molar-refractivity contribution is 5.96. The molecule has 12 heteroatoms. The Labute approximate surface area is 196 Å². The molecule has 180 valence electrons. The molecule has 0 radical (unpaired) electrons. The van der Waals surface area contributed by atoms with Crippen LogP contribution in [0.2, 0.25) is 0 Å². The van der Waals surface area contributed by atoms with Gasteiger partial charge in [0.25, 0.3) is 5.91 Å². The van der Waals surface area contributed by atoms with Crippen LogP contribution in [0.15, 0.2) is 18.3 Å². The predicted molar refractivity (Wildman–Crippen MR) is 124 cm³/mol. The van der Waals surface area contributed by atoms with Gasteiger partial charge in [0.2, 0.25) is 0 Å². The van der Waals surface area contributed by atoms with Gasteiger partial charge in [0, 0.05) is 30.9 Å². The summed E-state index contributed by atoms with van der Waals surface area (Å²) in [4.78, 5) is 40.4. The lowest BCUT2D eigenvalue weighted by molar-refractivity contribution is 0.0589. The van der Waals surface area contributed by atoms with E-state index in [4.69, 9.17) is 9.47 Å². The van der Waals surface area contributed by atoms with Crippen LogP contribution in [0.3, 0.4) is 0 Å². The summed E-state index contributed by atoms with van der Waals surface area (Å²) in [5, 5.41) is 10.6. The first-order valence-corrected chi connectivity index (χ1v) is 10.9. The van der Waals surface area contributed by atoms with Crippen LogP contribution in [0.25, 0.3) is 5.65 Å². The third kappa shape index (κ3) is 5.06. The number of imidazole rings is 1. The molecule has 0 unspecified atom stereocenters. The summed E-state index contributed by atoms with van der Waals surface area (Å²) in [5.74, 6) is 0.968. The lowest BCUT2D eigenvalue weighted by Crippen LogP contribution is -2.37. The zero-order valence-electron chi connectivity index (χ0n) is 20.0. The lowest BCUT2D eigenvalue weighted by Gasteiger charge is -2.25. The lowest BCUT2D eigenvalue weighted by atomic mass is 10.2. The number of rotatable bonds is 1. The van der Waals surface area contributed by atoms with Crippen LogP contribution in [0.4, 0.5) is 22.1 Å². The average molecular weight is 469 g/mol. The van der Waals surface area contributed by atoms with E-state index >= 15 is 0 Å². The largest absolute Gasteiger partial charge is 0.443 e. The Bertz CT molecular complexity index is 1250. The molecule has 0 aliphatic carbocycles. The number of aryl methyl sites for hydroxylation is 1. The number of hydrogen-bond donors (Lipinski definition) is 2. The molecule has 1 atom stereocenters. The van der Waals surface area contributed by atoms with Gasteiger partial charge in [-0.3, -0.25) is 9.69 Å². The van der Waals surface area contributed by atoms with Crippen molar-refractivity contribution in [1.29, 1.82) is 0 Å². The highest BCUT2D eigenvalue weighted by Gasteiger charge is 2.26. The standard InChI is InChI=1S/C22H28N8O4/c1-12-7-16-26-17-8-14(29(6)21(32)34-22(3,4)5)19-23-9-15(30(19)28-17)20(31)25-13(2)10-33-11-18(24-12)27-16/h7-9,13H,10-11H2,1-6H3,(H,25,31)(H,24,26,27,28)/t13-/m1/s1. The normalized spacial score (nSPS) is 16.5. The van der Waals surface area contributed by atoms with Crippen LogP contribution in [-0.2, 0) is 16.1 Å². The van der Waals surface area contributed by atoms with Crippen molar-refractivity contribution in [3.8, 4) is 0 Å². The maximum atomic E-state index is 13.0. The summed E-state index contributed by atoms with van der Waals surface area (Å²) < 4.78 is 12.6. The molecule has 0 saturated heterocycles. The Morgan fingerprint density at radius 1 is 1.26 bits per heavy atom. The summed E-state index contributed by atoms with van der Waals surface area (Å²) in [6, 6.07) is 3.13. The molecular weight excluding hydrogens is 440 g/mol. The van der Waals surface area contributed by atoms with Crippen LogP contribution in [0.5, 0.6) is 0 Å². The number of aromatic nitrogens is 5. The number of carbonyl (C=O) groups is 2. The van der Waals surface area contributed by atoms with Gasteiger partial charge in [-0.2, -0.15) is 0 Å². The molecule has 3 aromatic rings. The molecule has 0 fully saturated rings. The molecule has 4 heterocycles. The molecule has 4 bridgehead atoms. The smallest absolute Gasteiger partial charge is 0.414 e. The third-order valence-corrected chi connectivity index (χ3v) is 4.84. The van der Waals surface area contributed by atoms with Gasteiger partial charge in [-0.05, 0) is 34.6 Å². The van der Waals surface area contributed by atoms with E-state index in [1.807, 2.05) is 13.8 Å². The van der Waals surface area contributed by atoms with Gasteiger partial charge in [-0.15, -0.1) is 5.10 Å². The molecule has 2 N–H and O–H groups in total. The second kappa shape index (κ2) is 8.86. The molecule has 3 aromatic heterocycles. The summed E-state index contributed by atoms with van der Waals surface area (Å²) in [6.45, 7) is 9.51. The number of amides is 2. The monoisotopic (exact) mass is 468 g/mol. The van der Waals surface area contributed by atoms with E-state index in [2.05, 4.69) is 30.7 Å². The summed E-state index contributed by atoms with van der Waals surface area (Å²) in [5.41, 5.74) is 0.998. The van der Waals surface area contributed by atoms with Crippen LogP contribution < -0.4 is 15.5 Å². The van der Waals surface area contributed by atoms with Crippen LogP contribution in [0, 0.1) is 6.92 Å². The van der Waals surface area contributed by atoms with E-state index in [0.29, 0.717) is 28.8 Å². The second-order valence-electron chi connectivity index (χ2n) is 9.16. The first-order chi connectivity index (χ1) is 16.0. The van der Waals surface area contributed by atoms with Gasteiger partial charge in [0.05, 0.1) is 18.5 Å². The maximum absolute atomic E-state index is 13.0. The zero-order chi connectivity index (χ0) is 24.6. The van der Waals surface area contributed by atoms with Crippen LogP contribution >= 0.6 is 0 Å². The maximum Gasteiger partial charge on any atom is 0.414 e. The van der Waals surface area contributed by atoms with Gasteiger partial charge < -0.3 is 20.1 Å². The van der Waals surface area contributed by atoms with Gasteiger partial charge >= 0.3 is 6.09 Å². The van der Waals surface area contributed by atoms with Crippen molar-refractivity contribution in [3.63, 3.8) is 0 Å². The van der Waals surface area contributed by atoms with E-state index < -0.39 is 11.7 Å². The van der Waals surface area contributed by atoms with Crippen molar-refractivity contribution in [3.05, 3.63) is 35.5 Å². The number of fused-ring (bicyclic) bond motifs is 3. The first kappa shape index (κ1) is 23.4. The zero-order valence-corrected chi connectivity index (χ0v) is 20.0. The van der Waals surface area contributed by atoms with Gasteiger partial charge in [-0.1, -0.05) is 0 Å². The molecule has 2 amide bonds. The van der Waals surface area contributed by atoms with Crippen LogP contribution in [0.1, 0.15) is 49.7 Å². The Morgan fingerprint density at radius 3 is 2.76 bits per heavy atom. The molecule has 34 heavy (non-hydrogen) atoms. The molecule has 1 aliphatic rings. The fourth-order valence-corrected chi connectivity index (χ4v) is 3.40. The van der Waals surface area contributed by atoms with E-state index in [9.17, 15) is 9.59 Å². The predicted octanol–water partition coefficient (Wildman–Crippen LogP) is 2.59.